The van der Waals surface area contributed by atoms with Gasteiger partial charge in [0.1, 0.15) is 0 Å². The largest absolute Gasteiger partial charge is 0.378 e. The van der Waals surface area contributed by atoms with Crippen LogP contribution in [0.5, 0.6) is 0 Å². The molecule has 1 atom stereocenters. The minimum Gasteiger partial charge on any atom is -0.378 e. The molecule has 1 unspecified atom stereocenters. The fraction of sp³-hybridized carbons (Fsp3) is 0.812. The molecule has 1 fully saturated rings. The van der Waals surface area contributed by atoms with Crippen LogP contribution >= 0.6 is 11.3 Å². The molecule has 0 aliphatic carbocycles. The highest BCUT2D eigenvalue weighted by molar-refractivity contribution is 7.11. The molecule has 1 saturated heterocycles. The van der Waals surface area contributed by atoms with Crippen molar-refractivity contribution in [2.75, 3.05) is 6.61 Å². The first-order chi connectivity index (χ1) is 9.54. The zero-order valence-electron chi connectivity index (χ0n) is 13.2. The van der Waals surface area contributed by atoms with Crippen LogP contribution in [0.1, 0.15) is 56.1 Å². The van der Waals surface area contributed by atoms with Gasteiger partial charge in [0.05, 0.1) is 16.8 Å². The summed E-state index contributed by atoms with van der Waals surface area (Å²) in [4.78, 5) is 6.31. The summed E-state index contributed by atoms with van der Waals surface area (Å²) in [5.41, 5.74) is 1.30. The number of thiazole rings is 1. The minimum atomic E-state index is 0.402. The number of aromatic nitrogens is 1. The van der Waals surface area contributed by atoms with E-state index in [4.69, 9.17) is 9.72 Å². The number of hydrogen-bond donors (Lipinski definition) is 1. The monoisotopic (exact) mass is 296 g/mol. The van der Waals surface area contributed by atoms with Gasteiger partial charge in [-0.15, -0.1) is 11.3 Å². The van der Waals surface area contributed by atoms with Crippen LogP contribution in [0.4, 0.5) is 0 Å². The van der Waals surface area contributed by atoms with E-state index in [0.717, 1.165) is 26.0 Å². The van der Waals surface area contributed by atoms with Gasteiger partial charge < -0.3 is 10.1 Å². The van der Waals surface area contributed by atoms with Crippen LogP contribution in [0.2, 0.25) is 0 Å². The molecule has 114 valence electrons. The Kier molecular flexibility index (Phi) is 6.00. The van der Waals surface area contributed by atoms with Gasteiger partial charge in [0.15, 0.2) is 0 Å². The van der Waals surface area contributed by atoms with Crippen LogP contribution in [0.25, 0.3) is 0 Å². The van der Waals surface area contributed by atoms with E-state index in [1.807, 2.05) is 11.3 Å². The Morgan fingerprint density at radius 1 is 1.35 bits per heavy atom. The number of rotatable bonds is 7. The first kappa shape index (κ1) is 15.9. The molecule has 0 saturated carbocycles. The van der Waals surface area contributed by atoms with Crippen molar-refractivity contribution in [3.05, 3.63) is 15.6 Å². The lowest BCUT2D eigenvalue weighted by molar-refractivity contribution is 0.111. The number of ether oxygens (including phenoxy) is 1. The smallest absolute Gasteiger partial charge is 0.0957 e. The van der Waals surface area contributed by atoms with E-state index in [1.165, 1.54) is 28.4 Å². The molecule has 1 aliphatic heterocycles. The molecule has 1 aromatic rings. The Morgan fingerprint density at radius 2 is 2.15 bits per heavy atom. The molecule has 0 amide bonds. The highest BCUT2D eigenvalue weighted by Gasteiger charge is 2.20. The predicted octanol–water partition coefficient (Wildman–Crippen LogP) is 3.56. The van der Waals surface area contributed by atoms with E-state index in [0.29, 0.717) is 18.1 Å². The van der Waals surface area contributed by atoms with Gasteiger partial charge in [0.25, 0.3) is 0 Å². The van der Waals surface area contributed by atoms with Gasteiger partial charge in [-0.05, 0) is 25.2 Å². The van der Waals surface area contributed by atoms with Crippen molar-refractivity contribution in [1.29, 1.82) is 0 Å². The van der Waals surface area contributed by atoms with Crippen molar-refractivity contribution in [3.8, 4) is 0 Å². The Hall–Kier alpha value is -0.450. The van der Waals surface area contributed by atoms with E-state index >= 15 is 0 Å². The fourth-order valence-corrected chi connectivity index (χ4v) is 3.62. The van der Waals surface area contributed by atoms with E-state index < -0.39 is 0 Å². The van der Waals surface area contributed by atoms with Gasteiger partial charge in [-0.3, -0.25) is 0 Å². The number of nitrogens with zero attached hydrogens (tertiary/aromatic N) is 1. The maximum atomic E-state index is 5.74. The highest BCUT2D eigenvalue weighted by Crippen LogP contribution is 2.25. The van der Waals surface area contributed by atoms with Crippen LogP contribution in [0, 0.1) is 5.92 Å². The quantitative estimate of drug-likeness (QED) is 0.835. The summed E-state index contributed by atoms with van der Waals surface area (Å²) in [6, 6.07) is 0.519. The average Bonchev–Trinajstić information content (AvgIpc) is 2.97. The molecular formula is C16H28N2OS. The zero-order valence-corrected chi connectivity index (χ0v) is 14.1. The standard InChI is InChI=1S/C16H28N2OS/c1-11(2)8-14-15(10-17-12(3)4)20-16(18-14)9-13-6-5-7-19-13/h11-13,17H,5-10H2,1-4H3. The van der Waals surface area contributed by atoms with Crippen LogP contribution in [-0.2, 0) is 24.1 Å². The molecule has 3 nitrogen and oxygen atoms in total. The van der Waals surface area contributed by atoms with Crippen molar-refractivity contribution in [1.82, 2.24) is 10.3 Å². The normalized spacial score (nSPS) is 19.4. The predicted molar refractivity (Wildman–Crippen MR) is 85.3 cm³/mol. The average molecular weight is 296 g/mol. The van der Waals surface area contributed by atoms with E-state index in [1.54, 1.807) is 0 Å². The third-order valence-corrected chi connectivity index (χ3v) is 4.64. The van der Waals surface area contributed by atoms with Crippen molar-refractivity contribution >= 4 is 11.3 Å². The van der Waals surface area contributed by atoms with Gasteiger partial charge in [0.2, 0.25) is 0 Å². The topological polar surface area (TPSA) is 34.1 Å². The molecule has 1 N–H and O–H groups in total. The lowest BCUT2D eigenvalue weighted by Gasteiger charge is -2.08. The summed E-state index contributed by atoms with van der Waals surface area (Å²) in [6.45, 7) is 10.8. The van der Waals surface area contributed by atoms with Crippen LogP contribution in [-0.4, -0.2) is 23.7 Å². The maximum Gasteiger partial charge on any atom is 0.0957 e. The second kappa shape index (κ2) is 7.53. The van der Waals surface area contributed by atoms with Gasteiger partial charge in [-0.1, -0.05) is 27.7 Å². The summed E-state index contributed by atoms with van der Waals surface area (Å²) < 4.78 is 5.74. The first-order valence-electron chi connectivity index (χ1n) is 7.87. The van der Waals surface area contributed by atoms with Crippen LogP contribution < -0.4 is 5.32 Å². The zero-order chi connectivity index (χ0) is 14.5. The Bertz CT molecular complexity index is 409. The third-order valence-electron chi connectivity index (χ3n) is 3.52. The number of nitrogens with one attached hydrogen (secondary N) is 1. The molecule has 20 heavy (non-hydrogen) atoms. The molecule has 2 heterocycles. The SMILES string of the molecule is CC(C)Cc1nc(CC2CCCO2)sc1CNC(C)C. The van der Waals surface area contributed by atoms with Gasteiger partial charge >= 0.3 is 0 Å². The van der Waals surface area contributed by atoms with Gasteiger partial charge in [-0.2, -0.15) is 0 Å². The van der Waals surface area contributed by atoms with Crippen molar-refractivity contribution in [2.45, 2.75) is 72.1 Å². The summed E-state index contributed by atoms with van der Waals surface area (Å²) >= 11 is 1.88. The maximum absolute atomic E-state index is 5.74. The second-order valence-corrected chi connectivity index (χ2v) is 7.62. The minimum absolute atomic E-state index is 0.402. The molecule has 0 aromatic carbocycles. The summed E-state index contributed by atoms with van der Waals surface area (Å²) in [5.74, 6) is 0.658. The molecule has 4 heteroatoms. The molecule has 2 rings (SSSR count). The molecule has 0 bridgehead atoms. The van der Waals surface area contributed by atoms with E-state index in [9.17, 15) is 0 Å². The Labute approximate surface area is 127 Å². The van der Waals surface area contributed by atoms with Crippen molar-refractivity contribution in [2.24, 2.45) is 5.92 Å². The molecule has 0 radical (unpaired) electrons. The molecule has 0 spiro atoms. The highest BCUT2D eigenvalue weighted by atomic mass is 32.1. The Morgan fingerprint density at radius 3 is 2.75 bits per heavy atom. The summed E-state index contributed by atoms with van der Waals surface area (Å²) in [6.07, 6.45) is 4.88. The van der Waals surface area contributed by atoms with Gasteiger partial charge in [-0.25, -0.2) is 4.98 Å². The van der Waals surface area contributed by atoms with E-state index in [2.05, 4.69) is 33.0 Å². The summed E-state index contributed by atoms with van der Waals surface area (Å²) in [7, 11) is 0. The van der Waals surface area contributed by atoms with Crippen LogP contribution in [0.3, 0.4) is 0 Å². The Balaban J connectivity index is 2.04. The molecule has 1 aromatic heterocycles. The third kappa shape index (κ3) is 4.83. The van der Waals surface area contributed by atoms with Crippen LogP contribution in [0.15, 0.2) is 0 Å². The van der Waals surface area contributed by atoms with Gasteiger partial charge in [0, 0.05) is 30.5 Å². The molecular weight excluding hydrogens is 268 g/mol. The van der Waals surface area contributed by atoms with Crippen molar-refractivity contribution < 1.29 is 4.74 Å². The number of hydrogen-bond acceptors (Lipinski definition) is 4. The second-order valence-electron chi connectivity index (χ2n) is 6.45. The lowest BCUT2D eigenvalue weighted by Crippen LogP contribution is -2.22. The lowest BCUT2D eigenvalue weighted by atomic mass is 10.1. The first-order valence-corrected chi connectivity index (χ1v) is 8.68. The van der Waals surface area contributed by atoms with Crippen molar-refractivity contribution in [3.63, 3.8) is 0 Å². The van der Waals surface area contributed by atoms with E-state index in [-0.39, 0.29) is 0 Å². The fourth-order valence-electron chi connectivity index (χ4n) is 2.51. The molecule has 1 aliphatic rings. The summed E-state index contributed by atoms with van der Waals surface area (Å²) in [5, 5.41) is 4.78.